The summed E-state index contributed by atoms with van der Waals surface area (Å²) in [6.07, 6.45) is 9.84. The summed E-state index contributed by atoms with van der Waals surface area (Å²) in [5, 5.41) is 0. The van der Waals surface area contributed by atoms with Crippen LogP contribution in [0.25, 0.3) is 11.1 Å². The lowest BCUT2D eigenvalue weighted by atomic mass is 9.77. The van der Waals surface area contributed by atoms with Crippen LogP contribution in [0.4, 0.5) is 13.2 Å². The molecule has 0 spiro atoms. The highest BCUT2D eigenvalue weighted by Crippen LogP contribution is 2.39. The predicted molar refractivity (Wildman–Crippen MR) is 101 cm³/mol. The van der Waals surface area contributed by atoms with E-state index < -0.39 is 17.5 Å². The first-order valence-electron chi connectivity index (χ1n) is 9.82. The summed E-state index contributed by atoms with van der Waals surface area (Å²) < 4.78 is 41.4. The van der Waals surface area contributed by atoms with Gasteiger partial charge in [-0.2, -0.15) is 0 Å². The third-order valence-corrected chi connectivity index (χ3v) is 5.70. The van der Waals surface area contributed by atoms with Gasteiger partial charge in [0.05, 0.1) is 0 Å². The zero-order valence-corrected chi connectivity index (χ0v) is 15.4. The van der Waals surface area contributed by atoms with Crippen molar-refractivity contribution in [2.75, 3.05) is 0 Å². The quantitative estimate of drug-likeness (QED) is 0.465. The van der Waals surface area contributed by atoms with E-state index >= 15 is 0 Å². The van der Waals surface area contributed by atoms with Gasteiger partial charge in [0.1, 0.15) is 17.5 Å². The molecule has 1 aliphatic carbocycles. The summed E-state index contributed by atoms with van der Waals surface area (Å²) in [6, 6.07) is 8.27. The molecule has 2 aromatic carbocycles. The molecule has 0 atom stereocenters. The van der Waals surface area contributed by atoms with Crippen LogP contribution >= 0.6 is 0 Å². The maximum atomic E-state index is 14.6. The highest BCUT2D eigenvalue weighted by molar-refractivity contribution is 5.64. The first kappa shape index (κ1) is 19.0. The molecule has 3 heteroatoms. The number of hydrogen-bond acceptors (Lipinski definition) is 0. The first-order valence-corrected chi connectivity index (χ1v) is 9.82. The molecule has 0 heterocycles. The van der Waals surface area contributed by atoms with Gasteiger partial charge in [-0.15, -0.1) is 0 Å². The Hall–Kier alpha value is -1.77. The number of hydrogen-bond donors (Lipinski definition) is 0. The molecular formula is C23H27F3. The van der Waals surface area contributed by atoms with E-state index in [-0.39, 0.29) is 11.1 Å². The van der Waals surface area contributed by atoms with Crippen molar-refractivity contribution >= 4 is 0 Å². The molecule has 0 radical (unpaired) electrons. The van der Waals surface area contributed by atoms with Crippen LogP contribution in [0.3, 0.4) is 0 Å². The highest BCUT2D eigenvalue weighted by atomic mass is 19.1. The van der Waals surface area contributed by atoms with Crippen LogP contribution in [0.5, 0.6) is 0 Å². The van der Waals surface area contributed by atoms with Crippen molar-refractivity contribution in [3.8, 4) is 11.1 Å². The van der Waals surface area contributed by atoms with Crippen molar-refractivity contribution in [3.05, 3.63) is 59.4 Å². The molecule has 1 saturated carbocycles. The fraction of sp³-hybridized carbons (Fsp3) is 0.478. The van der Waals surface area contributed by atoms with E-state index in [2.05, 4.69) is 6.92 Å². The summed E-state index contributed by atoms with van der Waals surface area (Å²) in [7, 11) is 0. The summed E-state index contributed by atoms with van der Waals surface area (Å²) >= 11 is 0. The fourth-order valence-electron chi connectivity index (χ4n) is 4.20. The minimum Gasteiger partial charge on any atom is -0.207 e. The highest BCUT2D eigenvalue weighted by Gasteiger charge is 2.23. The van der Waals surface area contributed by atoms with Crippen molar-refractivity contribution in [2.24, 2.45) is 5.92 Å². The molecule has 0 aliphatic heterocycles. The number of benzene rings is 2. The molecule has 1 aliphatic rings. The molecule has 0 saturated heterocycles. The van der Waals surface area contributed by atoms with E-state index in [1.165, 1.54) is 50.7 Å². The second-order valence-corrected chi connectivity index (χ2v) is 7.61. The maximum Gasteiger partial charge on any atom is 0.131 e. The number of rotatable bonds is 6. The van der Waals surface area contributed by atoms with E-state index in [0.29, 0.717) is 5.92 Å². The SMILES string of the molecule is CCCCCC1CCC(c2ccc(-c3cc(F)cc(F)c3)c(F)c2)CC1. The Morgan fingerprint density at radius 3 is 2.15 bits per heavy atom. The summed E-state index contributed by atoms with van der Waals surface area (Å²) in [6.45, 7) is 2.23. The van der Waals surface area contributed by atoms with Crippen LogP contribution in [-0.2, 0) is 0 Å². The van der Waals surface area contributed by atoms with E-state index in [1.54, 1.807) is 12.1 Å². The van der Waals surface area contributed by atoms with Gasteiger partial charge in [-0.25, -0.2) is 13.2 Å². The summed E-state index contributed by atoms with van der Waals surface area (Å²) in [5.74, 6) is -0.574. The van der Waals surface area contributed by atoms with Crippen LogP contribution in [0.2, 0.25) is 0 Å². The standard InChI is InChI=1S/C23H27F3/c1-2-3-4-5-16-6-8-17(9-7-16)18-10-11-22(23(26)14-18)19-12-20(24)15-21(25)13-19/h10-17H,2-9H2,1H3. The predicted octanol–water partition coefficient (Wildman–Crippen LogP) is 7.63. The Bertz CT molecular complexity index is 710. The Balaban J connectivity index is 1.67. The lowest BCUT2D eigenvalue weighted by molar-refractivity contribution is 0.302. The lowest BCUT2D eigenvalue weighted by Gasteiger charge is -2.29. The van der Waals surface area contributed by atoms with Crippen molar-refractivity contribution in [2.45, 2.75) is 64.2 Å². The van der Waals surface area contributed by atoms with E-state index in [9.17, 15) is 13.2 Å². The summed E-state index contributed by atoms with van der Waals surface area (Å²) in [4.78, 5) is 0. The number of halogens is 3. The third kappa shape index (κ3) is 4.69. The second kappa shape index (κ2) is 8.75. The largest absolute Gasteiger partial charge is 0.207 e. The molecule has 1 fully saturated rings. The molecule has 2 aromatic rings. The minimum absolute atomic E-state index is 0.242. The van der Waals surface area contributed by atoms with Crippen LogP contribution in [-0.4, -0.2) is 0 Å². The van der Waals surface area contributed by atoms with Gasteiger partial charge >= 0.3 is 0 Å². The summed E-state index contributed by atoms with van der Waals surface area (Å²) in [5.41, 5.74) is 1.50. The molecule has 0 unspecified atom stereocenters. The smallest absolute Gasteiger partial charge is 0.131 e. The number of unbranched alkanes of at least 4 members (excludes halogenated alkanes) is 2. The van der Waals surface area contributed by atoms with Gasteiger partial charge in [-0.1, -0.05) is 44.7 Å². The van der Waals surface area contributed by atoms with Gasteiger partial charge in [-0.05, 0) is 66.8 Å². The normalized spacial score (nSPS) is 20.3. The van der Waals surface area contributed by atoms with Gasteiger partial charge in [-0.3, -0.25) is 0 Å². The molecule has 0 N–H and O–H groups in total. The maximum absolute atomic E-state index is 14.6. The molecular weight excluding hydrogens is 333 g/mol. The van der Waals surface area contributed by atoms with Crippen LogP contribution < -0.4 is 0 Å². The van der Waals surface area contributed by atoms with Gasteiger partial charge in [0.25, 0.3) is 0 Å². The van der Waals surface area contributed by atoms with E-state index in [0.717, 1.165) is 30.4 Å². The van der Waals surface area contributed by atoms with Crippen molar-refractivity contribution in [3.63, 3.8) is 0 Å². The molecule has 26 heavy (non-hydrogen) atoms. The molecule has 0 aromatic heterocycles. The van der Waals surface area contributed by atoms with Crippen molar-refractivity contribution in [1.82, 2.24) is 0 Å². The molecule has 0 bridgehead atoms. The Kier molecular flexibility index (Phi) is 6.39. The average Bonchev–Trinajstić information content (AvgIpc) is 2.61. The zero-order chi connectivity index (χ0) is 18.5. The lowest BCUT2D eigenvalue weighted by Crippen LogP contribution is -2.13. The van der Waals surface area contributed by atoms with Crippen LogP contribution in [0.1, 0.15) is 69.8 Å². The minimum atomic E-state index is -0.690. The van der Waals surface area contributed by atoms with Crippen LogP contribution in [0, 0.1) is 23.4 Å². The fourth-order valence-corrected chi connectivity index (χ4v) is 4.20. The van der Waals surface area contributed by atoms with Crippen molar-refractivity contribution in [1.29, 1.82) is 0 Å². The van der Waals surface area contributed by atoms with E-state index in [1.807, 2.05) is 6.07 Å². The molecule has 0 nitrogen and oxygen atoms in total. The zero-order valence-electron chi connectivity index (χ0n) is 15.4. The van der Waals surface area contributed by atoms with Crippen molar-refractivity contribution < 1.29 is 13.2 Å². The van der Waals surface area contributed by atoms with Gasteiger partial charge in [0.2, 0.25) is 0 Å². The second-order valence-electron chi connectivity index (χ2n) is 7.61. The van der Waals surface area contributed by atoms with Crippen LogP contribution in [0.15, 0.2) is 36.4 Å². The average molecular weight is 360 g/mol. The van der Waals surface area contributed by atoms with Gasteiger partial charge in [0.15, 0.2) is 0 Å². The third-order valence-electron chi connectivity index (χ3n) is 5.70. The monoisotopic (exact) mass is 360 g/mol. The molecule has 3 rings (SSSR count). The Morgan fingerprint density at radius 1 is 0.846 bits per heavy atom. The molecule has 140 valence electrons. The Labute approximate surface area is 154 Å². The molecule has 0 amide bonds. The first-order chi connectivity index (χ1) is 12.6. The Morgan fingerprint density at radius 2 is 1.54 bits per heavy atom. The van der Waals surface area contributed by atoms with E-state index in [4.69, 9.17) is 0 Å². The van der Waals surface area contributed by atoms with Gasteiger partial charge < -0.3 is 0 Å². The van der Waals surface area contributed by atoms with Gasteiger partial charge in [0, 0.05) is 11.6 Å². The topological polar surface area (TPSA) is 0 Å².